The molecule has 2 aromatic carbocycles. The Kier molecular flexibility index (Phi) is 8.20. The van der Waals surface area contributed by atoms with Crippen molar-refractivity contribution < 1.29 is 14.4 Å². The highest BCUT2D eigenvalue weighted by Gasteiger charge is 2.42. The zero-order valence-corrected chi connectivity index (χ0v) is 26.3. The molecule has 0 bridgehead atoms. The lowest BCUT2D eigenvalue weighted by Gasteiger charge is -2.43. The van der Waals surface area contributed by atoms with Crippen molar-refractivity contribution in [2.45, 2.75) is 102 Å². The van der Waals surface area contributed by atoms with E-state index >= 15 is 0 Å². The smallest absolute Gasteiger partial charge is 0.387 e. The van der Waals surface area contributed by atoms with Gasteiger partial charge in [-0.1, -0.05) is 67.0 Å². The second kappa shape index (κ2) is 12.4. The number of nitrogens with one attached hydrogen (secondary N) is 1. The van der Waals surface area contributed by atoms with E-state index in [1.165, 1.54) is 6.33 Å². The number of nitrogens with zero attached hydrogens (tertiary/aromatic N) is 5. The number of rotatable bonds is 10. The van der Waals surface area contributed by atoms with Crippen LogP contribution in [0.3, 0.4) is 0 Å². The zero-order valence-electron chi connectivity index (χ0n) is 26.3. The van der Waals surface area contributed by atoms with Crippen molar-refractivity contribution in [1.29, 1.82) is 0 Å². The average Bonchev–Trinajstić information content (AvgIpc) is 3.72. The van der Waals surface area contributed by atoms with Gasteiger partial charge in [-0.25, -0.2) is 9.31 Å². The third-order valence-electron chi connectivity index (χ3n) is 9.96. The molecular weight excluding hydrogens is 584 g/mol. The van der Waals surface area contributed by atoms with E-state index in [9.17, 15) is 14.7 Å². The van der Waals surface area contributed by atoms with E-state index in [2.05, 4.69) is 27.1 Å². The summed E-state index contributed by atoms with van der Waals surface area (Å²) in [5, 5.41) is 19.2. The monoisotopic (exact) mass is 624 g/mol. The number of aryl methyl sites for hydroxylation is 1. The standard InChI is InChI=1S/C35H40N6O5/c1-3-7-30-29(20-23-10-12-24(13-11-23)27-8-4-5-9-28(27)31-38-34(43)46-39-31)32(42)40(33-36-21-37-41(30)33)25-14-16-26(17-15-25)45-22(2)35(44)18-6-19-35/h4-5,8-13,21-22,25-26,44H,3,6-7,14-20H2,1-2H3,(H,38,39,43)/t22?,25-,26+. The van der Waals surface area contributed by atoms with Gasteiger partial charge >= 0.3 is 5.76 Å². The molecule has 11 heteroatoms. The Bertz CT molecular complexity index is 1940. The molecule has 0 amide bonds. The second-order valence-electron chi connectivity index (χ2n) is 12.9. The Morgan fingerprint density at radius 1 is 1.07 bits per heavy atom. The van der Waals surface area contributed by atoms with Gasteiger partial charge in [-0.3, -0.25) is 18.9 Å². The van der Waals surface area contributed by atoms with Crippen LogP contribution in [-0.4, -0.2) is 52.2 Å². The van der Waals surface area contributed by atoms with Gasteiger partial charge in [0.15, 0.2) is 5.82 Å². The lowest BCUT2D eigenvalue weighted by atomic mass is 9.76. The number of aliphatic hydroxyl groups is 1. The number of ether oxygens (including phenoxy) is 1. The largest absolute Gasteiger partial charge is 0.439 e. The Balaban J connectivity index is 1.16. The number of aromatic amines is 1. The molecule has 0 radical (unpaired) electrons. The van der Waals surface area contributed by atoms with Crippen molar-refractivity contribution in [3.63, 3.8) is 0 Å². The molecule has 2 fully saturated rings. The summed E-state index contributed by atoms with van der Waals surface area (Å²) in [7, 11) is 0. The van der Waals surface area contributed by atoms with Gasteiger partial charge in [0.1, 0.15) is 6.33 Å². The molecule has 2 aliphatic carbocycles. The van der Waals surface area contributed by atoms with Crippen LogP contribution in [0.5, 0.6) is 0 Å². The minimum absolute atomic E-state index is 0.00239. The van der Waals surface area contributed by atoms with Gasteiger partial charge in [0.25, 0.3) is 5.56 Å². The highest BCUT2D eigenvalue weighted by Crippen LogP contribution is 2.39. The maximum Gasteiger partial charge on any atom is 0.439 e. The van der Waals surface area contributed by atoms with Gasteiger partial charge in [0.2, 0.25) is 5.78 Å². The first-order valence-corrected chi connectivity index (χ1v) is 16.4. The van der Waals surface area contributed by atoms with Crippen LogP contribution >= 0.6 is 0 Å². The quantitative estimate of drug-likeness (QED) is 0.215. The SMILES string of the molecule is CCCc1c(Cc2ccc(-c3ccccc3-c3noc(=O)[nH]3)cc2)c(=O)n([C@H]2CC[C@@H](OC(C)C3(O)CCC3)CC2)c2ncnn12. The maximum absolute atomic E-state index is 14.4. The van der Waals surface area contributed by atoms with Crippen molar-refractivity contribution >= 4 is 5.78 Å². The molecule has 5 aromatic rings. The van der Waals surface area contributed by atoms with E-state index in [-0.39, 0.29) is 23.8 Å². The van der Waals surface area contributed by atoms with Crippen molar-refractivity contribution in [3.8, 4) is 22.5 Å². The molecule has 1 unspecified atom stereocenters. The summed E-state index contributed by atoms with van der Waals surface area (Å²) in [6.45, 7) is 4.09. The van der Waals surface area contributed by atoms with Gasteiger partial charge < -0.3 is 9.84 Å². The lowest BCUT2D eigenvalue weighted by molar-refractivity contribution is -0.167. The first-order valence-electron chi connectivity index (χ1n) is 16.4. The van der Waals surface area contributed by atoms with Crippen molar-refractivity contribution in [2.24, 2.45) is 0 Å². The molecule has 7 rings (SSSR count). The molecule has 3 heterocycles. The molecule has 3 aromatic heterocycles. The third-order valence-corrected chi connectivity index (χ3v) is 9.96. The number of H-pyrrole nitrogens is 1. The molecule has 11 nitrogen and oxygen atoms in total. The summed E-state index contributed by atoms with van der Waals surface area (Å²) < 4.78 is 14.8. The summed E-state index contributed by atoms with van der Waals surface area (Å²) in [6.07, 6.45) is 9.41. The van der Waals surface area contributed by atoms with Crippen LogP contribution in [0, 0.1) is 0 Å². The van der Waals surface area contributed by atoms with Gasteiger partial charge in [-0.05, 0) is 75.0 Å². The fourth-order valence-corrected chi connectivity index (χ4v) is 7.17. The van der Waals surface area contributed by atoms with E-state index in [0.717, 1.165) is 84.9 Å². The van der Waals surface area contributed by atoms with Gasteiger partial charge in [-0.2, -0.15) is 10.1 Å². The molecule has 1 atom stereocenters. The molecule has 240 valence electrons. The second-order valence-corrected chi connectivity index (χ2v) is 12.9. The van der Waals surface area contributed by atoms with Crippen LogP contribution in [0.25, 0.3) is 28.3 Å². The zero-order chi connectivity index (χ0) is 31.8. The number of aromatic nitrogens is 6. The van der Waals surface area contributed by atoms with E-state index in [1.807, 2.05) is 64.5 Å². The number of fused-ring (bicyclic) bond motifs is 1. The summed E-state index contributed by atoms with van der Waals surface area (Å²) in [4.78, 5) is 33.2. The van der Waals surface area contributed by atoms with Crippen molar-refractivity contribution in [3.05, 3.63) is 92.6 Å². The third kappa shape index (κ3) is 5.62. The molecule has 2 aliphatic rings. The topological polar surface area (TPSA) is 141 Å². The Labute approximate surface area is 266 Å². The molecule has 2 saturated carbocycles. The molecular formula is C35H40N6O5. The normalized spacial score (nSPS) is 20.1. The highest BCUT2D eigenvalue weighted by molar-refractivity contribution is 5.80. The number of hydrogen-bond acceptors (Lipinski definition) is 8. The predicted octanol–water partition coefficient (Wildman–Crippen LogP) is 5.25. The van der Waals surface area contributed by atoms with Gasteiger partial charge in [-0.15, -0.1) is 0 Å². The van der Waals surface area contributed by atoms with E-state index in [0.29, 0.717) is 24.4 Å². The summed E-state index contributed by atoms with van der Waals surface area (Å²) in [6, 6.07) is 15.8. The number of benzene rings is 2. The first-order chi connectivity index (χ1) is 22.3. The van der Waals surface area contributed by atoms with Gasteiger partial charge in [0, 0.05) is 23.6 Å². The highest BCUT2D eigenvalue weighted by atomic mass is 16.5. The summed E-state index contributed by atoms with van der Waals surface area (Å²) in [5.74, 6) is 0.371. The van der Waals surface area contributed by atoms with Crippen LogP contribution in [-0.2, 0) is 17.6 Å². The lowest BCUT2D eigenvalue weighted by Crippen LogP contribution is -2.49. The minimum Gasteiger partial charge on any atom is -0.387 e. The van der Waals surface area contributed by atoms with Crippen molar-refractivity contribution in [1.82, 2.24) is 29.3 Å². The van der Waals surface area contributed by atoms with E-state index in [1.54, 1.807) is 0 Å². The fourth-order valence-electron chi connectivity index (χ4n) is 7.17. The van der Waals surface area contributed by atoms with Crippen LogP contribution in [0.4, 0.5) is 0 Å². The van der Waals surface area contributed by atoms with Crippen LogP contribution in [0.15, 0.2) is 69.0 Å². The van der Waals surface area contributed by atoms with E-state index < -0.39 is 11.4 Å². The maximum atomic E-state index is 14.4. The molecule has 0 saturated heterocycles. The van der Waals surface area contributed by atoms with Crippen molar-refractivity contribution in [2.75, 3.05) is 0 Å². The van der Waals surface area contributed by atoms with Crippen LogP contribution in [0.1, 0.15) is 88.1 Å². The fraction of sp³-hybridized carbons (Fsp3) is 0.457. The molecule has 46 heavy (non-hydrogen) atoms. The van der Waals surface area contributed by atoms with Gasteiger partial charge in [0.05, 0.1) is 23.5 Å². The Hall–Kier alpha value is -4.35. The number of hydrogen-bond donors (Lipinski definition) is 2. The Morgan fingerprint density at radius 2 is 1.80 bits per heavy atom. The molecule has 0 spiro atoms. The minimum atomic E-state index is -0.690. The first kappa shape index (κ1) is 30.3. The predicted molar refractivity (Wildman–Crippen MR) is 173 cm³/mol. The average molecular weight is 625 g/mol. The molecule has 2 N–H and O–H groups in total. The Morgan fingerprint density at radius 3 is 2.46 bits per heavy atom. The van der Waals surface area contributed by atoms with E-state index in [4.69, 9.17) is 9.26 Å². The summed E-state index contributed by atoms with van der Waals surface area (Å²) in [5.41, 5.74) is 4.59. The molecule has 0 aliphatic heterocycles. The summed E-state index contributed by atoms with van der Waals surface area (Å²) >= 11 is 0. The van der Waals surface area contributed by atoms with Crippen LogP contribution < -0.4 is 11.3 Å². The van der Waals surface area contributed by atoms with Crippen LogP contribution in [0.2, 0.25) is 0 Å².